The SMILES string of the molecule is COc1ccc(C(=O)N(CCc2ccccc2)CC(=O)N2CCN(c3ccc(-c4ccc(C)cc4)nn3)CC2)cc1. The summed E-state index contributed by atoms with van der Waals surface area (Å²) in [4.78, 5) is 32.5. The van der Waals surface area contributed by atoms with Crippen LogP contribution in [0.3, 0.4) is 0 Å². The number of carbonyl (C=O) groups is 2. The Hall–Kier alpha value is -4.72. The molecule has 8 nitrogen and oxygen atoms in total. The number of benzene rings is 3. The maximum Gasteiger partial charge on any atom is 0.254 e. The molecule has 210 valence electrons. The van der Waals surface area contributed by atoms with E-state index in [1.54, 1.807) is 36.3 Å². The highest BCUT2D eigenvalue weighted by Gasteiger charge is 2.26. The predicted octanol–water partition coefficient (Wildman–Crippen LogP) is 4.49. The van der Waals surface area contributed by atoms with Crippen molar-refractivity contribution in [3.05, 3.63) is 108 Å². The molecule has 3 aromatic carbocycles. The first-order valence-electron chi connectivity index (χ1n) is 13.9. The molecule has 1 fully saturated rings. The number of rotatable bonds is 9. The molecule has 1 saturated heterocycles. The molecule has 0 unspecified atom stereocenters. The summed E-state index contributed by atoms with van der Waals surface area (Å²) in [7, 11) is 1.59. The van der Waals surface area contributed by atoms with Gasteiger partial charge >= 0.3 is 0 Å². The highest BCUT2D eigenvalue weighted by molar-refractivity contribution is 5.96. The summed E-state index contributed by atoms with van der Waals surface area (Å²) < 4.78 is 5.23. The van der Waals surface area contributed by atoms with E-state index < -0.39 is 0 Å². The van der Waals surface area contributed by atoms with Crippen LogP contribution < -0.4 is 9.64 Å². The summed E-state index contributed by atoms with van der Waals surface area (Å²) >= 11 is 0. The van der Waals surface area contributed by atoms with Gasteiger partial charge in [0.15, 0.2) is 5.82 Å². The van der Waals surface area contributed by atoms with Crippen molar-refractivity contribution in [2.45, 2.75) is 13.3 Å². The Morgan fingerprint density at radius 2 is 1.54 bits per heavy atom. The van der Waals surface area contributed by atoms with Crippen LogP contribution in [0.15, 0.2) is 91.0 Å². The lowest BCUT2D eigenvalue weighted by Crippen LogP contribution is -2.52. The fraction of sp³-hybridized carbons (Fsp3) is 0.273. The van der Waals surface area contributed by atoms with Crippen molar-refractivity contribution in [3.8, 4) is 17.0 Å². The van der Waals surface area contributed by atoms with Gasteiger partial charge < -0.3 is 19.4 Å². The van der Waals surface area contributed by atoms with Crippen LogP contribution in [-0.2, 0) is 11.2 Å². The molecular formula is C33H35N5O3. The zero-order valence-corrected chi connectivity index (χ0v) is 23.6. The molecule has 0 N–H and O–H groups in total. The molecule has 1 aliphatic heterocycles. The van der Waals surface area contributed by atoms with Gasteiger partial charge in [-0.2, -0.15) is 0 Å². The van der Waals surface area contributed by atoms with Crippen LogP contribution in [0, 0.1) is 6.92 Å². The Kier molecular flexibility index (Phi) is 8.89. The molecule has 5 rings (SSSR count). The first kappa shape index (κ1) is 27.8. The molecule has 41 heavy (non-hydrogen) atoms. The van der Waals surface area contributed by atoms with Crippen molar-refractivity contribution in [3.63, 3.8) is 0 Å². The molecular weight excluding hydrogens is 514 g/mol. The molecule has 1 aromatic heterocycles. The van der Waals surface area contributed by atoms with Crippen LogP contribution >= 0.6 is 0 Å². The summed E-state index contributed by atoms with van der Waals surface area (Å²) in [6.45, 7) is 4.96. The largest absolute Gasteiger partial charge is 0.497 e. The van der Waals surface area contributed by atoms with Gasteiger partial charge in [-0.1, -0.05) is 60.2 Å². The average Bonchev–Trinajstić information content (AvgIpc) is 3.03. The first-order chi connectivity index (χ1) is 20.0. The normalized spacial score (nSPS) is 13.1. The number of aryl methyl sites for hydroxylation is 1. The number of hydrogen-bond acceptors (Lipinski definition) is 6. The van der Waals surface area contributed by atoms with Crippen LogP contribution in [0.25, 0.3) is 11.3 Å². The molecule has 1 aliphatic rings. The van der Waals surface area contributed by atoms with Crippen LogP contribution in [0.4, 0.5) is 5.82 Å². The number of carbonyl (C=O) groups excluding carboxylic acids is 2. The van der Waals surface area contributed by atoms with Gasteiger partial charge in [0, 0.05) is 43.9 Å². The van der Waals surface area contributed by atoms with Gasteiger partial charge in [-0.25, -0.2) is 0 Å². The third-order valence-electron chi connectivity index (χ3n) is 7.42. The highest BCUT2D eigenvalue weighted by Crippen LogP contribution is 2.20. The standard InChI is InChI=1S/C33H35N5O3/c1-25-8-10-27(11-9-25)30-16-17-31(35-34-30)36-20-22-37(23-21-36)32(39)24-38(19-18-26-6-4-3-5-7-26)33(40)28-12-14-29(41-2)15-13-28/h3-17H,18-24H2,1-2H3. The lowest BCUT2D eigenvalue weighted by molar-refractivity contribution is -0.132. The number of nitrogens with zero attached hydrogens (tertiary/aromatic N) is 5. The van der Waals surface area contributed by atoms with Gasteiger partial charge in [-0.15, -0.1) is 10.2 Å². The van der Waals surface area contributed by atoms with Crippen molar-refractivity contribution >= 4 is 17.6 Å². The van der Waals surface area contributed by atoms with Gasteiger partial charge in [0.05, 0.1) is 12.8 Å². The molecule has 0 aliphatic carbocycles. The maximum absolute atomic E-state index is 13.5. The number of ether oxygens (including phenoxy) is 1. The fourth-order valence-corrected chi connectivity index (χ4v) is 4.90. The topological polar surface area (TPSA) is 78.9 Å². The molecule has 4 aromatic rings. The summed E-state index contributed by atoms with van der Waals surface area (Å²) in [5.41, 5.74) is 4.72. The Morgan fingerprint density at radius 3 is 2.17 bits per heavy atom. The van der Waals surface area contributed by atoms with E-state index in [1.165, 1.54) is 5.56 Å². The highest BCUT2D eigenvalue weighted by atomic mass is 16.5. The van der Waals surface area contributed by atoms with Crippen LogP contribution in [0.5, 0.6) is 5.75 Å². The van der Waals surface area contributed by atoms with Gasteiger partial charge in [0.25, 0.3) is 5.91 Å². The van der Waals surface area contributed by atoms with Crippen LogP contribution in [0.2, 0.25) is 0 Å². The zero-order chi connectivity index (χ0) is 28.6. The van der Waals surface area contributed by atoms with Crippen molar-refractivity contribution < 1.29 is 14.3 Å². The molecule has 0 spiro atoms. The van der Waals surface area contributed by atoms with E-state index in [4.69, 9.17) is 4.74 Å². The van der Waals surface area contributed by atoms with E-state index >= 15 is 0 Å². The number of aromatic nitrogens is 2. The van der Waals surface area contributed by atoms with E-state index in [9.17, 15) is 9.59 Å². The van der Waals surface area contributed by atoms with Gasteiger partial charge in [0.1, 0.15) is 12.3 Å². The second kappa shape index (κ2) is 13.1. The Bertz CT molecular complexity index is 1430. The minimum Gasteiger partial charge on any atom is -0.497 e. The summed E-state index contributed by atoms with van der Waals surface area (Å²) in [5.74, 6) is 1.26. The van der Waals surface area contributed by atoms with Gasteiger partial charge in [-0.05, 0) is 55.3 Å². The lowest BCUT2D eigenvalue weighted by Gasteiger charge is -2.36. The van der Waals surface area contributed by atoms with E-state index in [0.29, 0.717) is 50.5 Å². The van der Waals surface area contributed by atoms with Crippen LogP contribution in [0.1, 0.15) is 21.5 Å². The van der Waals surface area contributed by atoms with Crippen molar-refractivity contribution in [1.29, 1.82) is 0 Å². The number of amides is 2. The third kappa shape index (κ3) is 7.08. The molecule has 8 heteroatoms. The fourth-order valence-electron chi connectivity index (χ4n) is 4.90. The number of piperazine rings is 1. The second-order valence-corrected chi connectivity index (χ2v) is 10.2. The maximum atomic E-state index is 13.5. The summed E-state index contributed by atoms with van der Waals surface area (Å²) in [6.07, 6.45) is 0.668. The zero-order valence-electron chi connectivity index (χ0n) is 23.6. The quantitative estimate of drug-likeness (QED) is 0.306. The van der Waals surface area contributed by atoms with Gasteiger partial charge in [0.2, 0.25) is 5.91 Å². The van der Waals surface area contributed by atoms with Gasteiger partial charge in [-0.3, -0.25) is 9.59 Å². The Balaban J connectivity index is 1.20. The molecule has 2 amide bonds. The monoisotopic (exact) mass is 549 g/mol. The van der Waals surface area contributed by atoms with Crippen molar-refractivity contribution in [2.75, 3.05) is 51.3 Å². The van der Waals surface area contributed by atoms with Crippen molar-refractivity contribution in [2.24, 2.45) is 0 Å². The molecule has 2 heterocycles. The Morgan fingerprint density at radius 1 is 0.829 bits per heavy atom. The minimum atomic E-state index is -0.167. The predicted molar refractivity (Wildman–Crippen MR) is 160 cm³/mol. The number of anilines is 1. The molecule has 0 atom stereocenters. The van der Waals surface area contributed by atoms with Crippen molar-refractivity contribution in [1.82, 2.24) is 20.0 Å². The van der Waals surface area contributed by atoms with Crippen LogP contribution in [-0.4, -0.2) is 78.2 Å². The average molecular weight is 550 g/mol. The molecule has 0 bridgehead atoms. The summed E-state index contributed by atoms with van der Waals surface area (Å²) in [5, 5.41) is 8.88. The number of hydrogen-bond donors (Lipinski definition) is 0. The van der Waals surface area contributed by atoms with E-state index in [0.717, 1.165) is 22.6 Å². The van der Waals surface area contributed by atoms with E-state index in [2.05, 4.69) is 34.2 Å². The first-order valence-corrected chi connectivity index (χ1v) is 13.9. The molecule has 0 radical (unpaired) electrons. The second-order valence-electron chi connectivity index (χ2n) is 10.2. The summed E-state index contributed by atoms with van der Waals surface area (Å²) in [6, 6.07) is 29.2. The third-order valence-corrected chi connectivity index (χ3v) is 7.42. The Labute approximate surface area is 241 Å². The molecule has 0 saturated carbocycles. The smallest absolute Gasteiger partial charge is 0.254 e. The van der Waals surface area contributed by atoms with E-state index in [1.807, 2.05) is 59.5 Å². The number of methoxy groups -OCH3 is 1. The minimum absolute atomic E-state index is 0.0305. The van der Waals surface area contributed by atoms with E-state index in [-0.39, 0.29) is 18.4 Å². The lowest BCUT2D eigenvalue weighted by atomic mass is 10.1.